The number of fused-ring (bicyclic) bond motifs is 1. The van der Waals surface area contributed by atoms with Crippen LogP contribution in [0.25, 0.3) is 22.2 Å². The number of hydrogen-bond acceptors (Lipinski definition) is 2. The van der Waals surface area contributed by atoms with Crippen molar-refractivity contribution in [1.29, 1.82) is 0 Å². The van der Waals surface area contributed by atoms with Crippen molar-refractivity contribution in [1.82, 2.24) is 9.97 Å². The van der Waals surface area contributed by atoms with Gasteiger partial charge in [0.2, 0.25) is 0 Å². The van der Waals surface area contributed by atoms with Gasteiger partial charge >= 0.3 is 0 Å². The highest BCUT2D eigenvalue weighted by atomic mass is 32.1. The molecule has 0 bridgehead atoms. The third-order valence-electron chi connectivity index (χ3n) is 2.69. The molecule has 0 spiro atoms. The van der Waals surface area contributed by atoms with Gasteiger partial charge in [-0.1, -0.05) is 42.5 Å². The van der Waals surface area contributed by atoms with E-state index in [9.17, 15) is 0 Å². The predicted octanol–water partition coefficient (Wildman–Crippen LogP) is 3.96. The summed E-state index contributed by atoms with van der Waals surface area (Å²) in [5.41, 5.74) is 3.07. The number of nitrogens with zero attached hydrogens (tertiary/aromatic N) is 1. The highest BCUT2D eigenvalue weighted by molar-refractivity contribution is 7.71. The molecule has 0 fully saturated rings. The first-order chi connectivity index (χ1) is 8.34. The first kappa shape index (κ1) is 10.2. The van der Waals surface area contributed by atoms with Gasteiger partial charge < -0.3 is 4.98 Å². The van der Waals surface area contributed by atoms with Crippen LogP contribution in [0.3, 0.4) is 0 Å². The zero-order valence-electron chi connectivity index (χ0n) is 9.05. The largest absolute Gasteiger partial charge is 0.346 e. The van der Waals surface area contributed by atoms with Gasteiger partial charge in [0.1, 0.15) is 4.64 Å². The lowest BCUT2D eigenvalue weighted by Crippen LogP contribution is -1.87. The molecule has 0 unspecified atom stereocenters. The fraction of sp³-hybridized carbons (Fsp3) is 0. The van der Waals surface area contributed by atoms with Gasteiger partial charge in [-0.3, -0.25) is 4.98 Å². The van der Waals surface area contributed by atoms with Crippen molar-refractivity contribution in [2.24, 2.45) is 0 Å². The Morgan fingerprint density at radius 1 is 0.941 bits per heavy atom. The SMILES string of the molecule is S=c1cccc(-c2cccc3cccnc23)[nH]1. The summed E-state index contributed by atoms with van der Waals surface area (Å²) in [4.78, 5) is 7.62. The Hall–Kier alpha value is -2.00. The summed E-state index contributed by atoms with van der Waals surface area (Å²) in [7, 11) is 0. The summed E-state index contributed by atoms with van der Waals surface area (Å²) in [6.45, 7) is 0. The van der Waals surface area contributed by atoms with Gasteiger partial charge in [-0.2, -0.15) is 0 Å². The molecule has 82 valence electrons. The van der Waals surface area contributed by atoms with Crippen molar-refractivity contribution in [3.8, 4) is 11.3 Å². The van der Waals surface area contributed by atoms with Gasteiger partial charge in [0.05, 0.1) is 5.52 Å². The molecule has 1 aromatic carbocycles. The highest BCUT2D eigenvalue weighted by Gasteiger charge is 2.03. The van der Waals surface area contributed by atoms with E-state index in [1.807, 2.05) is 36.5 Å². The van der Waals surface area contributed by atoms with Gasteiger partial charge in [0, 0.05) is 22.8 Å². The molecule has 0 saturated carbocycles. The van der Waals surface area contributed by atoms with E-state index in [1.165, 1.54) is 0 Å². The monoisotopic (exact) mass is 238 g/mol. The summed E-state index contributed by atoms with van der Waals surface area (Å²) in [5.74, 6) is 0. The van der Waals surface area contributed by atoms with Crippen molar-refractivity contribution >= 4 is 23.1 Å². The second kappa shape index (κ2) is 4.11. The minimum atomic E-state index is 0.732. The molecule has 0 aliphatic heterocycles. The van der Waals surface area contributed by atoms with Crippen molar-refractivity contribution < 1.29 is 0 Å². The lowest BCUT2D eigenvalue weighted by atomic mass is 10.1. The normalized spacial score (nSPS) is 10.6. The number of pyridine rings is 2. The van der Waals surface area contributed by atoms with Gasteiger partial charge in [-0.05, 0) is 18.2 Å². The van der Waals surface area contributed by atoms with E-state index in [2.05, 4.69) is 28.2 Å². The van der Waals surface area contributed by atoms with Crippen LogP contribution in [0.1, 0.15) is 0 Å². The molecule has 1 N–H and O–H groups in total. The number of aromatic nitrogens is 2. The Bertz CT molecular complexity index is 726. The van der Waals surface area contributed by atoms with Gasteiger partial charge in [0.15, 0.2) is 0 Å². The standard InChI is InChI=1S/C14H10N2S/c17-13-8-2-7-12(16-13)11-6-1-4-10-5-3-9-15-14(10)11/h1-9H,(H,16,17). The lowest BCUT2D eigenvalue weighted by molar-refractivity contribution is 1.29. The average molecular weight is 238 g/mol. The third kappa shape index (κ3) is 1.85. The molecular weight excluding hydrogens is 228 g/mol. The summed E-state index contributed by atoms with van der Waals surface area (Å²) < 4.78 is 0.732. The first-order valence-electron chi connectivity index (χ1n) is 5.38. The Labute approximate surface area is 104 Å². The van der Waals surface area contributed by atoms with Gasteiger partial charge in [-0.25, -0.2) is 0 Å². The van der Waals surface area contributed by atoms with E-state index < -0.39 is 0 Å². The van der Waals surface area contributed by atoms with Crippen molar-refractivity contribution in [2.75, 3.05) is 0 Å². The van der Waals surface area contributed by atoms with Crippen LogP contribution in [0, 0.1) is 4.64 Å². The van der Waals surface area contributed by atoms with Crippen LogP contribution < -0.4 is 0 Å². The van der Waals surface area contributed by atoms with Crippen LogP contribution in [0.4, 0.5) is 0 Å². The molecule has 2 aromatic heterocycles. The summed E-state index contributed by atoms with van der Waals surface area (Å²) >= 11 is 5.15. The number of hydrogen-bond donors (Lipinski definition) is 1. The fourth-order valence-corrected chi connectivity index (χ4v) is 2.11. The summed E-state index contributed by atoms with van der Waals surface area (Å²) in [6, 6.07) is 16.0. The van der Waals surface area contributed by atoms with Crippen LogP contribution in [-0.2, 0) is 0 Å². The molecule has 0 aliphatic carbocycles. The molecule has 2 heterocycles. The number of rotatable bonds is 1. The quantitative estimate of drug-likeness (QED) is 0.650. The van der Waals surface area contributed by atoms with E-state index in [0.29, 0.717) is 0 Å². The maximum atomic E-state index is 5.15. The predicted molar refractivity (Wildman–Crippen MR) is 72.4 cm³/mol. The molecule has 3 rings (SSSR count). The molecule has 0 atom stereocenters. The molecule has 0 radical (unpaired) electrons. The van der Waals surface area contributed by atoms with Crippen LogP contribution in [-0.4, -0.2) is 9.97 Å². The Balaban J connectivity index is 2.34. The van der Waals surface area contributed by atoms with E-state index >= 15 is 0 Å². The topological polar surface area (TPSA) is 28.7 Å². The van der Waals surface area contributed by atoms with Crippen LogP contribution in [0.5, 0.6) is 0 Å². The minimum Gasteiger partial charge on any atom is -0.346 e. The fourth-order valence-electron chi connectivity index (χ4n) is 1.93. The highest BCUT2D eigenvalue weighted by Crippen LogP contribution is 2.24. The maximum absolute atomic E-state index is 5.15. The lowest BCUT2D eigenvalue weighted by Gasteiger charge is -2.05. The number of nitrogens with one attached hydrogen (secondary N) is 1. The minimum absolute atomic E-state index is 0.732. The van der Waals surface area contributed by atoms with E-state index in [4.69, 9.17) is 12.2 Å². The van der Waals surface area contributed by atoms with Gasteiger partial charge in [0.25, 0.3) is 0 Å². The zero-order valence-corrected chi connectivity index (χ0v) is 9.87. The van der Waals surface area contributed by atoms with Crippen LogP contribution in [0.15, 0.2) is 54.7 Å². The summed E-state index contributed by atoms with van der Waals surface area (Å²) in [6.07, 6.45) is 1.81. The second-order valence-corrected chi connectivity index (χ2v) is 4.25. The number of H-pyrrole nitrogens is 1. The zero-order chi connectivity index (χ0) is 11.7. The number of para-hydroxylation sites is 1. The molecule has 0 aliphatic rings. The van der Waals surface area contributed by atoms with Crippen LogP contribution in [0.2, 0.25) is 0 Å². The smallest absolute Gasteiger partial charge is 0.103 e. The third-order valence-corrected chi connectivity index (χ3v) is 2.93. The Kier molecular flexibility index (Phi) is 2.46. The second-order valence-electron chi connectivity index (χ2n) is 3.81. The van der Waals surface area contributed by atoms with E-state index in [1.54, 1.807) is 0 Å². The Morgan fingerprint density at radius 2 is 1.76 bits per heavy atom. The first-order valence-corrected chi connectivity index (χ1v) is 5.79. The van der Waals surface area contributed by atoms with E-state index in [-0.39, 0.29) is 0 Å². The van der Waals surface area contributed by atoms with Crippen molar-refractivity contribution in [3.05, 3.63) is 59.4 Å². The molecule has 0 amide bonds. The molecule has 17 heavy (non-hydrogen) atoms. The molecule has 2 nitrogen and oxygen atoms in total. The Morgan fingerprint density at radius 3 is 2.65 bits per heavy atom. The van der Waals surface area contributed by atoms with Crippen molar-refractivity contribution in [3.63, 3.8) is 0 Å². The maximum Gasteiger partial charge on any atom is 0.103 e. The van der Waals surface area contributed by atoms with Crippen LogP contribution >= 0.6 is 12.2 Å². The molecular formula is C14H10N2S. The number of benzene rings is 1. The molecule has 3 heteroatoms. The summed E-state index contributed by atoms with van der Waals surface area (Å²) in [5, 5.41) is 1.13. The molecule has 0 saturated heterocycles. The molecule has 3 aromatic rings. The van der Waals surface area contributed by atoms with Gasteiger partial charge in [-0.15, -0.1) is 0 Å². The van der Waals surface area contributed by atoms with E-state index in [0.717, 1.165) is 26.8 Å². The van der Waals surface area contributed by atoms with Crippen molar-refractivity contribution in [2.45, 2.75) is 0 Å². The number of aromatic amines is 1. The average Bonchev–Trinajstić information content (AvgIpc) is 2.38.